The smallest absolute Gasteiger partial charge is 0.406 e. The van der Waals surface area contributed by atoms with Gasteiger partial charge in [0.2, 0.25) is 0 Å². The molecule has 0 heterocycles. The van der Waals surface area contributed by atoms with Crippen LogP contribution in [-0.4, -0.2) is 32.7 Å². The van der Waals surface area contributed by atoms with E-state index in [4.69, 9.17) is 0 Å². The fraction of sp³-hybridized carbons (Fsp3) is 0.667. The van der Waals surface area contributed by atoms with Crippen molar-refractivity contribution in [1.29, 1.82) is 0 Å². The zero-order valence-electron chi connectivity index (χ0n) is 6.35. The summed E-state index contributed by atoms with van der Waals surface area (Å²) in [5, 5.41) is 4.80. The standard InChI is InChI=1S/C6H11N2O3/c1-11-6(10)8-4-2-3-7-5-9/h2-4H2,1H3,(H,7,9)(H,8,10). The molecule has 0 saturated carbocycles. The Morgan fingerprint density at radius 2 is 2.27 bits per heavy atom. The van der Waals surface area contributed by atoms with Gasteiger partial charge in [-0.2, -0.15) is 0 Å². The van der Waals surface area contributed by atoms with Gasteiger partial charge in [0.1, 0.15) is 0 Å². The van der Waals surface area contributed by atoms with E-state index in [0.29, 0.717) is 19.5 Å². The summed E-state index contributed by atoms with van der Waals surface area (Å²) in [5.41, 5.74) is 0. The highest BCUT2D eigenvalue weighted by Gasteiger charge is 1.94. The van der Waals surface area contributed by atoms with Crippen LogP contribution in [0.1, 0.15) is 6.42 Å². The van der Waals surface area contributed by atoms with E-state index in [1.54, 1.807) is 0 Å². The zero-order valence-corrected chi connectivity index (χ0v) is 6.35. The fourth-order valence-electron chi connectivity index (χ4n) is 0.490. The Morgan fingerprint density at radius 3 is 2.82 bits per heavy atom. The molecule has 0 aromatic rings. The maximum Gasteiger partial charge on any atom is 0.406 e. The molecular weight excluding hydrogens is 148 g/mol. The van der Waals surface area contributed by atoms with Gasteiger partial charge in [0, 0.05) is 13.1 Å². The molecule has 0 aromatic heterocycles. The Bertz CT molecular complexity index is 127. The number of carbonyl (C=O) groups excluding carboxylic acids is 2. The lowest BCUT2D eigenvalue weighted by Gasteiger charge is -2.01. The van der Waals surface area contributed by atoms with Crippen LogP contribution in [-0.2, 0) is 9.53 Å². The summed E-state index contributed by atoms with van der Waals surface area (Å²) in [5.74, 6) is 0. The minimum atomic E-state index is -0.458. The number of methoxy groups -OCH3 is 1. The number of amides is 2. The van der Waals surface area contributed by atoms with Crippen molar-refractivity contribution in [2.45, 2.75) is 6.42 Å². The van der Waals surface area contributed by atoms with Crippen LogP contribution in [0, 0.1) is 0 Å². The average Bonchev–Trinajstić information content (AvgIpc) is 2.04. The second-order valence-electron chi connectivity index (χ2n) is 1.80. The molecule has 0 rings (SSSR count). The molecule has 2 N–H and O–H groups in total. The Balaban J connectivity index is 3.01. The Kier molecular flexibility index (Phi) is 6.07. The van der Waals surface area contributed by atoms with Crippen molar-refractivity contribution in [1.82, 2.24) is 10.6 Å². The van der Waals surface area contributed by atoms with Crippen LogP contribution in [0.5, 0.6) is 0 Å². The van der Waals surface area contributed by atoms with Gasteiger partial charge in [-0.25, -0.2) is 4.79 Å². The lowest BCUT2D eigenvalue weighted by molar-refractivity contribution is 0.171. The molecule has 1 radical (unpaired) electrons. The maximum absolute atomic E-state index is 10.4. The predicted octanol–water partition coefficient (Wildman–Crippen LogP) is -0.611. The van der Waals surface area contributed by atoms with E-state index in [0.717, 1.165) is 0 Å². The molecule has 0 spiro atoms. The van der Waals surface area contributed by atoms with Crippen molar-refractivity contribution in [2.75, 3.05) is 20.2 Å². The first-order valence-corrected chi connectivity index (χ1v) is 3.23. The second kappa shape index (κ2) is 6.85. The van der Waals surface area contributed by atoms with Crippen LogP contribution in [0.25, 0.3) is 0 Å². The first kappa shape index (κ1) is 9.74. The normalized spacial score (nSPS) is 8.45. The van der Waals surface area contributed by atoms with Gasteiger partial charge in [0.25, 0.3) is 0 Å². The molecule has 0 unspecified atom stereocenters. The number of alkyl carbamates (subject to hydrolysis) is 1. The molecule has 0 aliphatic heterocycles. The van der Waals surface area contributed by atoms with E-state index in [1.807, 2.05) is 0 Å². The molecule has 0 bridgehead atoms. The van der Waals surface area contributed by atoms with E-state index < -0.39 is 6.09 Å². The number of ether oxygens (including phenoxy) is 1. The second-order valence-corrected chi connectivity index (χ2v) is 1.80. The molecule has 2 amide bonds. The van der Waals surface area contributed by atoms with Gasteiger partial charge in [0.15, 0.2) is 0 Å². The molecule has 5 nitrogen and oxygen atoms in total. The van der Waals surface area contributed by atoms with E-state index in [2.05, 4.69) is 15.4 Å². The zero-order chi connectivity index (χ0) is 8.53. The summed E-state index contributed by atoms with van der Waals surface area (Å²) in [7, 11) is 1.30. The number of rotatable bonds is 5. The van der Waals surface area contributed by atoms with Crippen LogP contribution < -0.4 is 10.6 Å². The molecule has 0 fully saturated rings. The van der Waals surface area contributed by atoms with Crippen LogP contribution in [0.2, 0.25) is 0 Å². The van der Waals surface area contributed by atoms with Crippen molar-refractivity contribution in [3.8, 4) is 0 Å². The summed E-state index contributed by atoms with van der Waals surface area (Å²) in [6, 6.07) is 0. The van der Waals surface area contributed by atoms with Gasteiger partial charge in [-0.15, -0.1) is 0 Å². The first-order valence-electron chi connectivity index (χ1n) is 3.23. The Hall–Kier alpha value is -1.26. The van der Waals surface area contributed by atoms with Gasteiger partial charge in [-0.1, -0.05) is 0 Å². The average molecular weight is 159 g/mol. The highest BCUT2D eigenvalue weighted by molar-refractivity contribution is 5.66. The van der Waals surface area contributed by atoms with E-state index >= 15 is 0 Å². The monoisotopic (exact) mass is 159 g/mol. The minimum Gasteiger partial charge on any atom is -0.453 e. The maximum atomic E-state index is 10.4. The topological polar surface area (TPSA) is 67.4 Å². The molecule has 0 saturated heterocycles. The lowest BCUT2D eigenvalue weighted by atomic mass is 10.4. The van der Waals surface area contributed by atoms with Crippen LogP contribution in [0.3, 0.4) is 0 Å². The third-order valence-electron chi connectivity index (χ3n) is 1.01. The largest absolute Gasteiger partial charge is 0.453 e. The molecule has 11 heavy (non-hydrogen) atoms. The summed E-state index contributed by atoms with van der Waals surface area (Å²) in [6.07, 6.45) is 1.74. The van der Waals surface area contributed by atoms with Crippen molar-refractivity contribution in [3.63, 3.8) is 0 Å². The van der Waals surface area contributed by atoms with Gasteiger partial charge in [0.05, 0.1) is 7.11 Å². The van der Waals surface area contributed by atoms with Gasteiger partial charge in [-0.05, 0) is 6.42 Å². The molecule has 0 aliphatic carbocycles. The molecule has 0 aliphatic rings. The lowest BCUT2D eigenvalue weighted by Crippen LogP contribution is -2.26. The van der Waals surface area contributed by atoms with Crippen molar-refractivity contribution < 1.29 is 14.3 Å². The van der Waals surface area contributed by atoms with Crippen LogP contribution in [0.15, 0.2) is 0 Å². The summed E-state index contributed by atoms with van der Waals surface area (Å²) < 4.78 is 4.31. The summed E-state index contributed by atoms with van der Waals surface area (Å²) in [6.45, 7) is 0.995. The summed E-state index contributed by atoms with van der Waals surface area (Å²) in [4.78, 5) is 20.0. The van der Waals surface area contributed by atoms with Crippen molar-refractivity contribution >= 4 is 12.5 Å². The number of nitrogens with one attached hydrogen (secondary N) is 2. The number of hydrogen-bond donors (Lipinski definition) is 2. The van der Waals surface area contributed by atoms with Crippen molar-refractivity contribution in [2.24, 2.45) is 0 Å². The van der Waals surface area contributed by atoms with Gasteiger partial charge in [-0.3, -0.25) is 4.79 Å². The fourth-order valence-corrected chi connectivity index (χ4v) is 0.490. The van der Waals surface area contributed by atoms with E-state index in [1.165, 1.54) is 13.5 Å². The number of hydrogen-bond acceptors (Lipinski definition) is 3. The molecule has 5 heteroatoms. The molecule has 0 atom stereocenters. The predicted molar refractivity (Wildman–Crippen MR) is 38.7 cm³/mol. The quantitative estimate of drug-likeness (QED) is 0.415. The molecular formula is C6H11N2O3. The molecule has 0 aromatic carbocycles. The Morgan fingerprint density at radius 1 is 1.55 bits per heavy atom. The Labute approximate surface area is 65.1 Å². The summed E-state index contributed by atoms with van der Waals surface area (Å²) >= 11 is 0. The SMILES string of the molecule is COC(=O)NCCCN[C]=O. The van der Waals surface area contributed by atoms with Gasteiger partial charge >= 0.3 is 12.5 Å². The third-order valence-corrected chi connectivity index (χ3v) is 1.01. The van der Waals surface area contributed by atoms with Crippen LogP contribution >= 0.6 is 0 Å². The third kappa shape index (κ3) is 6.63. The molecule has 63 valence electrons. The van der Waals surface area contributed by atoms with Crippen molar-refractivity contribution in [3.05, 3.63) is 0 Å². The highest BCUT2D eigenvalue weighted by atomic mass is 16.5. The van der Waals surface area contributed by atoms with Gasteiger partial charge < -0.3 is 15.4 Å². The first-order chi connectivity index (χ1) is 5.31. The minimum absolute atomic E-state index is 0.458. The van der Waals surface area contributed by atoms with E-state index in [9.17, 15) is 9.59 Å². The number of carbonyl (C=O) groups is 1. The van der Waals surface area contributed by atoms with Crippen LogP contribution in [0.4, 0.5) is 4.79 Å². The van der Waals surface area contributed by atoms with E-state index in [-0.39, 0.29) is 0 Å². The highest BCUT2D eigenvalue weighted by Crippen LogP contribution is 1.74.